The van der Waals surface area contributed by atoms with E-state index < -0.39 is 12.1 Å². The van der Waals surface area contributed by atoms with Crippen molar-refractivity contribution >= 4 is 5.91 Å². The van der Waals surface area contributed by atoms with Crippen molar-refractivity contribution in [1.29, 1.82) is 0 Å². The van der Waals surface area contributed by atoms with E-state index in [1.807, 2.05) is 6.08 Å². The molecule has 0 spiro atoms. The molecule has 0 saturated carbocycles. The van der Waals surface area contributed by atoms with Gasteiger partial charge in [-0.3, -0.25) is 4.79 Å². The van der Waals surface area contributed by atoms with Crippen molar-refractivity contribution in [3.63, 3.8) is 0 Å². The first-order valence-corrected chi connectivity index (χ1v) is 18.6. The highest BCUT2D eigenvalue weighted by molar-refractivity contribution is 5.76. The Kier molecular flexibility index (Phi) is 33.4. The minimum absolute atomic E-state index is 0.0742. The summed E-state index contributed by atoms with van der Waals surface area (Å²) in [5.41, 5.74) is 0. The highest BCUT2D eigenvalue weighted by atomic mass is 16.3. The van der Waals surface area contributed by atoms with Crippen LogP contribution in [-0.4, -0.2) is 34.9 Å². The largest absolute Gasteiger partial charge is 0.394 e. The van der Waals surface area contributed by atoms with Gasteiger partial charge in [0, 0.05) is 6.42 Å². The smallest absolute Gasteiger partial charge is 0.220 e. The van der Waals surface area contributed by atoms with E-state index in [2.05, 4.69) is 31.3 Å². The molecule has 248 valence electrons. The van der Waals surface area contributed by atoms with E-state index in [0.29, 0.717) is 6.42 Å². The topological polar surface area (TPSA) is 69.6 Å². The Morgan fingerprint density at radius 3 is 1.38 bits per heavy atom. The van der Waals surface area contributed by atoms with Gasteiger partial charge in [0.1, 0.15) is 0 Å². The Labute approximate surface area is 262 Å². The predicted octanol–water partition coefficient (Wildman–Crippen LogP) is 10.9. The third-order valence-electron chi connectivity index (χ3n) is 8.44. The van der Waals surface area contributed by atoms with Crippen LogP contribution in [0.3, 0.4) is 0 Å². The summed E-state index contributed by atoms with van der Waals surface area (Å²) < 4.78 is 0. The van der Waals surface area contributed by atoms with Crippen LogP contribution in [0.4, 0.5) is 0 Å². The molecule has 2 atom stereocenters. The fourth-order valence-electron chi connectivity index (χ4n) is 5.55. The summed E-state index contributed by atoms with van der Waals surface area (Å²) in [6.45, 7) is 4.29. The SMILES string of the molecule is CCCCCCCCCCCCC/C=C/CC/C=C/C(O)C(CO)NC(=O)CCCCCCCCCCCCCCC. The summed E-state index contributed by atoms with van der Waals surface area (Å²) in [6.07, 6.45) is 42.6. The molecular formula is C38H73NO3. The first-order valence-electron chi connectivity index (χ1n) is 18.6. The van der Waals surface area contributed by atoms with Gasteiger partial charge in [0.25, 0.3) is 0 Å². The molecule has 0 aliphatic heterocycles. The molecule has 0 heterocycles. The third-order valence-corrected chi connectivity index (χ3v) is 8.44. The lowest BCUT2D eigenvalue weighted by Crippen LogP contribution is -2.45. The lowest BCUT2D eigenvalue weighted by molar-refractivity contribution is -0.123. The Balaban J connectivity index is 3.65. The summed E-state index contributed by atoms with van der Waals surface area (Å²) in [7, 11) is 0. The number of rotatable bonds is 33. The highest BCUT2D eigenvalue weighted by Gasteiger charge is 2.17. The molecule has 42 heavy (non-hydrogen) atoms. The second-order valence-electron chi connectivity index (χ2n) is 12.6. The monoisotopic (exact) mass is 592 g/mol. The summed E-state index contributed by atoms with van der Waals surface area (Å²) in [5.74, 6) is -0.0742. The van der Waals surface area contributed by atoms with Gasteiger partial charge in [-0.25, -0.2) is 0 Å². The second kappa shape index (κ2) is 34.4. The second-order valence-corrected chi connectivity index (χ2v) is 12.6. The zero-order valence-corrected chi connectivity index (χ0v) is 28.3. The third kappa shape index (κ3) is 30.3. The van der Waals surface area contributed by atoms with Crippen LogP contribution in [0, 0.1) is 0 Å². The van der Waals surface area contributed by atoms with Gasteiger partial charge in [0.2, 0.25) is 5.91 Å². The predicted molar refractivity (Wildman–Crippen MR) is 184 cm³/mol. The van der Waals surface area contributed by atoms with Gasteiger partial charge in [-0.15, -0.1) is 0 Å². The van der Waals surface area contributed by atoms with Crippen LogP contribution in [0.25, 0.3) is 0 Å². The molecule has 0 bridgehead atoms. The van der Waals surface area contributed by atoms with Crippen LogP contribution in [0.5, 0.6) is 0 Å². The number of aliphatic hydroxyl groups excluding tert-OH is 2. The molecule has 2 unspecified atom stereocenters. The molecule has 0 aromatic heterocycles. The zero-order valence-electron chi connectivity index (χ0n) is 28.3. The molecule has 4 nitrogen and oxygen atoms in total. The minimum atomic E-state index is -0.856. The van der Waals surface area contributed by atoms with Crippen molar-refractivity contribution < 1.29 is 15.0 Å². The van der Waals surface area contributed by atoms with Crippen LogP contribution in [0.1, 0.15) is 194 Å². The molecule has 0 aromatic carbocycles. The average molecular weight is 592 g/mol. The Morgan fingerprint density at radius 2 is 0.929 bits per heavy atom. The van der Waals surface area contributed by atoms with E-state index in [4.69, 9.17) is 0 Å². The molecule has 0 aliphatic carbocycles. The Morgan fingerprint density at radius 1 is 0.548 bits per heavy atom. The van der Waals surface area contributed by atoms with E-state index in [1.54, 1.807) is 6.08 Å². The quantitative estimate of drug-likeness (QED) is 0.0525. The molecular weight excluding hydrogens is 518 g/mol. The number of carbonyl (C=O) groups is 1. The molecule has 0 saturated heterocycles. The van der Waals surface area contributed by atoms with Crippen LogP contribution in [0.2, 0.25) is 0 Å². The minimum Gasteiger partial charge on any atom is -0.394 e. The molecule has 0 aliphatic rings. The maximum Gasteiger partial charge on any atom is 0.220 e. The van der Waals surface area contributed by atoms with Crippen molar-refractivity contribution in [3.05, 3.63) is 24.3 Å². The molecule has 4 heteroatoms. The standard InChI is InChI=1S/C38H73NO3/c1-3-5-7-9-11-13-15-17-18-19-20-22-23-25-27-29-31-33-37(41)36(35-40)39-38(42)34-32-30-28-26-24-21-16-14-12-10-8-6-4-2/h23,25,31,33,36-37,40-41H,3-22,24,26-30,32,34-35H2,1-2H3,(H,39,42)/b25-23+,33-31+. The number of unbranched alkanes of at least 4 members (excludes halogenated alkanes) is 24. The van der Waals surface area contributed by atoms with Gasteiger partial charge in [0.15, 0.2) is 0 Å². The first-order chi connectivity index (χ1) is 20.7. The van der Waals surface area contributed by atoms with Crippen LogP contribution in [-0.2, 0) is 4.79 Å². The van der Waals surface area contributed by atoms with Gasteiger partial charge < -0.3 is 15.5 Å². The number of nitrogens with one attached hydrogen (secondary N) is 1. The van der Waals surface area contributed by atoms with Gasteiger partial charge in [-0.2, -0.15) is 0 Å². The summed E-state index contributed by atoms with van der Waals surface area (Å²) >= 11 is 0. The number of amides is 1. The van der Waals surface area contributed by atoms with Crippen molar-refractivity contribution in [2.75, 3.05) is 6.61 Å². The molecule has 0 radical (unpaired) electrons. The molecule has 0 aromatic rings. The maximum atomic E-state index is 12.3. The summed E-state index contributed by atoms with van der Waals surface area (Å²) in [5, 5.41) is 22.9. The Bertz CT molecular complexity index is 603. The normalized spacial score (nSPS) is 13.3. The van der Waals surface area contributed by atoms with E-state index >= 15 is 0 Å². The summed E-state index contributed by atoms with van der Waals surface area (Å²) in [6, 6.07) is -0.632. The number of aliphatic hydroxyl groups is 2. The van der Waals surface area contributed by atoms with Crippen LogP contribution < -0.4 is 5.32 Å². The molecule has 0 rings (SSSR count). The van der Waals surface area contributed by atoms with E-state index in [1.165, 1.54) is 141 Å². The average Bonchev–Trinajstić information content (AvgIpc) is 2.99. The number of carbonyl (C=O) groups excluding carboxylic acids is 1. The van der Waals surface area contributed by atoms with Gasteiger partial charge in [-0.05, 0) is 32.1 Å². The van der Waals surface area contributed by atoms with Crippen LogP contribution in [0.15, 0.2) is 24.3 Å². The molecule has 1 amide bonds. The number of hydrogen-bond donors (Lipinski definition) is 3. The summed E-state index contributed by atoms with van der Waals surface area (Å²) in [4.78, 5) is 12.3. The van der Waals surface area contributed by atoms with Crippen molar-refractivity contribution in [3.8, 4) is 0 Å². The fourth-order valence-corrected chi connectivity index (χ4v) is 5.55. The fraction of sp³-hybridized carbons (Fsp3) is 0.868. The Hall–Kier alpha value is -1.13. The first kappa shape index (κ1) is 40.9. The van der Waals surface area contributed by atoms with Gasteiger partial charge in [0.05, 0.1) is 18.8 Å². The van der Waals surface area contributed by atoms with Crippen LogP contribution >= 0.6 is 0 Å². The van der Waals surface area contributed by atoms with Gasteiger partial charge in [-0.1, -0.05) is 179 Å². The lowest BCUT2D eigenvalue weighted by atomic mass is 10.0. The van der Waals surface area contributed by atoms with Crippen molar-refractivity contribution in [1.82, 2.24) is 5.32 Å². The maximum absolute atomic E-state index is 12.3. The van der Waals surface area contributed by atoms with E-state index in [0.717, 1.165) is 32.1 Å². The number of allylic oxidation sites excluding steroid dienone is 3. The van der Waals surface area contributed by atoms with Crippen molar-refractivity contribution in [2.45, 2.75) is 206 Å². The van der Waals surface area contributed by atoms with Gasteiger partial charge >= 0.3 is 0 Å². The molecule has 0 fully saturated rings. The lowest BCUT2D eigenvalue weighted by Gasteiger charge is -2.19. The number of hydrogen-bond acceptors (Lipinski definition) is 3. The van der Waals surface area contributed by atoms with E-state index in [-0.39, 0.29) is 12.5 Å². The van der Waals surface area contributed by atoms with E-state index in [9.17, 15) is 15.0 Å². The highest BCUT2D eigenvalue weighted by Crippen LogP contribution is 2.14. The zero-order chi connectivity index (χ0) is 30.8. The molecule has 3 N–H and O–H groups in total. The van der Waals surface area contributed by atoms with Crippen molar-refractivity contribution in [2.24, 2.45) is 0 Å².